The minimum Gasteiger partial charge on any atom is -0.478 e. The van der Waals surface area contributed by atoms with Crippen LogP contribution in [0.1, 0.15) is 41.6 Å². The summed E-state index contributed by atoms with van der Waals surface area (Å²) in [4.78, 5) is 22.5. The van der Waals surface area contributed by atoms with E-state index in [0.717, 1.165) is 5.56 Å². The van der Waals surface area contributed by atoms with Crippen molar-refractivity contribution < 1.29 is 23.5 Å². The molecule has 2 rings (SSSR count). The molecule has 0 spiro atoms. The van der Waals surface area contributed by atoms with E-state index in [1.807, 2.05) is 0 Å². The molecule has 0 aromatic heterocycles. The molecule has 2 amide bonds. The third-order valence-corrected chi connectivity index (χ3v) is 4.12. The highest BCUT2D eigenvalue weighted by Crippen LogP contribution is 2.28. The number of nitrogens with one attached hydrogen (secondary N) is 2. The quantitative estimate of drug-likeness (QED) is 0.778. The second-order valence-electron chi connectivity index (χ2n) is 5.78. The van der Waals surface area contributed by atoms with Crippen LogP contribution < -0.4 is 10.6 Å². The lowest BCUT2D eigenvalue weighted by Crippen LogP contribution is -2.43. The Labute approximate surface area is 133 Å². The lowest BCUT2D eigenvalue weighted by atomic mass is 9.86. The number of aromatic carboxylic acids is 1. The maximum Gasteiger partial charge on any atom is 0.335 e. The van der Waals surface area contributed by atoms with Crippen LogP contribution in [0.2, 0.25) is 0 Å². The highest BCUT2D eigenvalue weighted by atomic mass is 19.3. The average molecular weight is 326 g/mol. The van der Waals surface area contributed by atoms with Gasteiger partial charge in [0, 0.05) is 18.5 Å². The number of hydrogen-bond acceptors (Lipinski definition) is 2. The number of urea groups is 1. The lowest BCUT2D eigenvalue weighted by molar-refractivity contribution is 0.0514. The molecule has 7 heteroatoms. The fourth-order valence-electron chi connectivity index (χ4n) is 2.70. The summed E-state index contributed by atoms with van der Waals surface area (Å²) < 4.78 is 25.1. The van der Waals surface area contributed by atoms with Gasteiger partial charge in [-0.1, -0.05) is 12.1 Å². The van der Waals surface area contributed by atoms with Crippen LogP contribution >= 0.6 is 0 Å². The highest BCUT2D eigenvalue weighted by Gasteiger charge is 2.27. The molecule has 0 unspecified atom stereocenters. The van der Waals surface area contributed by atoms with E-state index in [0.29, 0.717) is 25.7 Å². The molecular formula is C16H20F2N2O3. The van der Waals surface area contributed by atoms with Gasteiger partial charge in [-0.3, -0.25) is 0 Å². The number of hydrogen-bond donors (Lipinski definition) is 3. The van der Waals surface area contributed by atoms with Crippen LogP contribution in [-0.4, -0.2) is 29.6 Å². The molecule has 0 heterocycles. The molecular weight excluding hydrogens is 306 g/mol. The number of carboxylic acid groups (broad SMARTS) is 1. The Hall–Kier alpha value is -2.18. The van der Waals surface area contributed by atoms with Crippen LogP contribution in [0.3, 0.4) is 0 Å². The first kappa shape index (κ1) is 17.2. The predicted octanol–water partition coefficient (Wildman–Crippen LogP) is 3.01. The van der Waals surface area contributed by atoms with Gasteiger partial charge < -0.3 is 15.7 Å². The summed E-state index contributed by atoms with van der Waals surface area (Å²) in [6.45, 7) is 0.276. The van der Waals surface area contributed by atoms with Gasteiger partial charge >= 0.3 is 12.0 Å². The minimum atomic E-state index is -2.28. The van der Waals surface area contributed by atoms with E-state index >= 15 is 0 Å². The van der Waals surface area contributed by atoms with Crippen molar-refractivity contribution >= 4 is 12.0 Å². The third-order valence-electron chi connectivity index (χ3n) is 4.12. The summed E-state index contributed by atoms with van der Waals surface area (Å²) in [5.41, 5.74) is 0.973. The standard InChI is InChI=1S/C16H20F2N2O3/c17-14(18)11-5-7-13(8-6-11)20-16(23)19-9-10-1-3-12(4-2-10)15(21)22/h1-4,11,13-14H,5-9H2,(H,21,22)(H2,19,20,23). The fraction of sp³-hybridized carbons (Fsp3) is 0.500. The van der Waals surface area contributed by atoms with Crippen molar-refractivity contribution in [2.45, 2.75) is 44.7 Å². The van der Waals surface area contributed by atoms with E-state index in [1.165, 1.54) is 12.1 Å². The van der Waals surface area contributed by atoms with Gasteiger partial charge in [0.25, 0.3) is 0 Å². The molecule has 126 valence electrons. The Bertz CT molecular complexity index is 541. The van der Waals surface area contributed by atoms with Crippen molar-refractivity contribution in [2.24, 2.45) is 5.92 Å². The zero-order valence-electron chi connectivity index (χ0n) is 12.6. The summed E-state index contributed by atoms with van der Waals surface area (Å²) in [6, 6.07) is 5.81. The maximum atomic E-state index is 12.6. The van der Waals surface area contributed by atoms with E-state index in [9.17, 15) is 18.4 Å². The SMILES string of the molecule is O=C(NCc1ccc(C(=O)O)cc1)NC1CCC(C(F)F)CC1. The monoisotopic (exact) mass is 326 g/mol. The summed E-state index contributed by atoms with van der Waals surface area (Å²) in [7, 11) is 0. The molecule has 0 bridgehead atoms. The average Bonchev–Trinajstić information content (AvgIpc) is 2.54. The van der Waals surface area contributed by atoms with Gasteiger partial charge in [-0.2, -0.15) is 0 Å². The van der Waals surface area contributed by atoms with Gasteiger partial charge in [0.2, 0.25) is 6.43 Å². The summed E-state index contributed by atoms with van der Waals surface area (Å²) >= 11 is 0. The Balaban J connectivity index is 1.72. The predicted molar refractivity (Wildman–Crippen MR) is 80.5 cm³/mol. The number of benzene rings is 1. The molecule has 0 radical (unpaired) electrons. The van der Waals surface area contributed by atoms with Crippen molar-refractivity contribution in [2.75, 3.05) is 0 Å². The highest BCUT2D eigenvalue weighted by molar-refractivity contribution is 5.87. The second kappa shape index (κ2) is 7.89. The van der Waals surface area contributed by atoms with Crippen LogP contribution in [0, 0.1) is 5.92 Å². The van der Waals surface area contributed by atoms with Crippen molar-refractivity contribution in [3.63, 3.8) is 0 Å². The Morgan fingerprint density at radius 3 is 2.26 bits per heavy atom. The summed E-state index contributed by atoms with van der Waals surface area (Å²) in [6.07, 6.45) is -0.289. The van der Waals surface area contributed by atoms with Crippen LogP contribution in [0.15, 0.2) is 24.3 Å². The molecule has 1 fully saturated rings. The molecule has 0 aliphatic heterocycles. The third kappa shape index (κ3) is 5.19. The van der Waals surface area contributed by atoms with Gasteiger partial charge in [0.05, 0.1) is 5.56 Å². The topological polar surface area (TPSA) is 78.4 Å². The smallest absolute Gasteiger partial charge is 0.335 e. The van der Waals surface area contributed by atoms with E-state index < -0.39 is 18.3 Å². The van der Waals surface area contributed by atoms with Gasteiger partial charge in [-0.15, -0.1) is 0 Å². The van der Waals surface area contributed by atoms with Gasteiger partial charge in [-0.05, 0) is 43.4 Å². The Morgan fingerprint density at radius 2 is 1.74 bits per heavy atom. The number of carboxylic acids is 1. The molecule has 1 aliphatic carbocycles. The lowest BCUT2D eigenvalue weighted by Gasteiger charge is -2.28. The largest absolute Gasteiger partial charge is 0.478 e. The van der Waals surface area contributed by atoms with Crippen molar-refractivity contribution in [1.29, 1.82) is 0 Å². The van der Waals surface area contributed by atoms with Crippen LogP contribution in [-0.2, 0) is 6.54 Å². The summed E-state index contributed by atoms with van der Waals surface area (Å²) in [5.74, 6) is -1.55. The maximum absolute atomic E-state index is 12.6. The summed E-state index contributed by atoms with van der Waals surface area (Å²) in [5, 5.41) is 14.3. The first-order valence-electron chi connectivity index (χ1n) is 7.60. The second-order valence-corrected chi connectivity index (χ2v) is 5.78. The number of alkyl halides is 2. The van der Waals surface area contributed by atoms with Crippen LogP contribution in [0.4, 0.5) is 13.6 Å². The van der Waals surface area contributed by atoms with Gasteiger partial charge in [-0.25, -0.2) is 18.4 Å². The number of halogens is 2. The minimum absolute atomic E-state index is 0.0700. The molecule has 1 saturated carbocycles. The van der Waals surface area contributed by atoms with Crippen molar-refractivity contribution in [3.8, 4) is 0 Å². The van der Waals surface area contributed by atoms with Crippen molar-refractivity contribution in [1.82, 2.24) is 10.6 Å². The number of amides is 2. The van der Waals surface area contributed by atoms with E-state index in [4.69, 9.17) is 5.11 Å². The number of carbonyl (C=O) groups excluding carboxylic acids is 1. The first-order chi connectivity index (χ1) is 11.0. The number of rotatable bonds is 5. The van der Waals surface area contributed by atoms with Gasteiger partial charge in [0.15, 0.2) is 0 Å². The molecule has 23 heavy (non-hydrogen) atoms. The zero-order chi connectivity index (χ0) is 16.8. The van der Waals surface area contributed by atoms with Gasteiger partial charge in [0.1, 0.15) is 0 Å². The van der Waals surface area contributed by atoms with E-state index in [1.54, 1.807) is 12.1 Å². The first-order valence-corrected chi connectivity index (χ1v) is 7.60. The molecule has 1 aromatic rings. The fourth-order valence-corrected chi connectivity index (χ4v) is 2.70. The van der Waals surface area contributed by atoms with E-state index in [2.05, 4.69) is 10.6 Å². The van der Waals surface area contributed by atoms with Crippen LogP contribution in [0.25, 0.3) is 0 Å². The molecule has 0 atom stereocenters. The molecule has 3 N–H and O–H groups in total. The zero-order valence-corrected chi connectivity index (χ0v) is 12.6. The number of carbonyl (C=O) groups is 2. The molecule has 5 nitrogen and oxygen atoms in total. The molecule has 1 aromatic carbocycles. The molecule has 1 aliphatic rings. The van der Waals surface area contributed by atoms with Crippen molar-refractivity contribution in [3.05, 3.63) is 35.4 Å². The normalized spacial score (nSPS) is 21.0. The van der Waals surface area contributed by atoms with E-state index in [-0.39, 0.29) is 24.2 Å². The van der Waals surface area contributed by atoms with Crippen LogP contribution in [0.5, 0.6) is 0 Å². The Kier molecular flexibility index (Phi) is 5.90. The Morgan fingerprint density at radius 1 is 1.13 bits per heavy atom. The molecule has 0 saturated heterocycles.